The summed E-state index contributed by atoms with van der Waals surface area (Å²) < 4.78 is 6.25. The maximum Gasteiger partial charge on any atom is 0.312 e. The van der Waals surface area contributed by atoms with Gasteiger partial charge in [0.25, 0.3) is 0 Å². The molecule has 0 N–H and O–H groups in total. The second kappa shape index (κ2) is 5.35. The highest BCUT2D eigenvalue weighted by Gasteiger charge is 2.61. The molecule has 2 aliphatic carbocycles. The van der Waals surface area contributed by atoms with E-state index >= 15 is 0 Å². The smallest absolute Gasteiger partial charge is 0.312 e. The molecule has 0 radical (unpaired) electrons. The number of carbonyl (C=O) groups excluding carboxylic acids is 1. The maximum atomic E-state index is 12.6. The van der Waals surface area contributed by atoms with Crippen LogP contribution in [0.3, 0.4) is 0 Å². The molecule has 2 bridgehead atoms. The molecule has 116 valence electrons. The highest BCUT2D eigenvalue weighted by atomic mass is 16.6. The van der Waals surface area contributed by atoms with E-state index in [9.17, 15) is 4.79 Å². The van der Waals surface area contributed by atoms with Crippen LogP contribution in [0.2, 0.25) is 0 Å². The quantitative estimate of drug-likeness (QED) is 0.632. The Morgan fingerprint density at radius 1 is 1.30 bits per heavy atom. The Balaban J connectivity index is 2.19. The molecular formula is C18H32O2. The van der Waals surface area contributed by atoms with Gasteiger partial charge < -0.3 is 4.74 Å². The lowest BCUT2D eigenvalue weighted by Crippen LogP contribution is -2.49. The molecule has 0 spiro atoms. The molecule has 2 fully saturated rings. The Hall–Kier alpha value is -0.530. The van der Waals surface area contributed by atoms with Crippen molar-refractivity contribution in [3.63, 3.8) is 0 Å². The van der Waals surface area contributed by atoms with E-state index in [1.807, 2.05) is 13.8 Å². The summed E-state index contributed by atoms with van der Waals surface area (Å²) in [6.45, 7) is 10.7. The Labute approximate surface area is 124 Å². The first kappa shape index (κ1) is 15.9. The second-order valence-electron chi connectivity index (χ2n) is 8.10. The molecule has 0 heterocycles. The third-order valence-corrected chi connectivity index (χ3v) is 6.22. The van der Waals surface area contributed by atoms with E-state index in [0.717, 1.165) is 25.2 Å². The van der Waals surface area contributed by atoms with Crippen LogP contribution < -0.4 is 0 Å². The first-order chi connectivity index (χ1) is 9.28. The van der Waals surface area contributed by atoms with Gasteiger partial charge in [0.15, 0.2) is 0 Å². The molecule has 2 nitrogen and oxygen atoms in total. The van der Waals surface area contributed by atoms with Crippen molar-refractivity contribution in [1.82, 2.24) is 0 Å². The van der Waals surface area contributed by atoms with Gasteiger partial charge in [0.2, 0.25) is 0 Å². The lowest BCUT2D eigenvalue weighted by molar-refractivity contribution is -0.187. The zero-order valence-electron chi connectivity index (χ0n) is 14.1. The van der Waals surface area contributed by atoms with Crippen molar-refractivity contribution >= 4 is 5.97 Å². The molecule has 0 aromatic carbocycles. The van der Waals surface area contributed by atoms with Crippen molar-refractivity contribution in [3.05, 3.63) is 0 Å². The lowest BCUT2D eigenvalue weighted by Gasteiger charge is -2.45. The Kier molecular flexibility index (Phi) is 4.24. The number of unbranched alkanes of at least 4 members (excludes halogenated alkanes) is 1. The van der Waals surface area contributed by atoms with Gasteiger partial charge in [-0.2, -0.15) is 0 Å². The lowest BCUT2D eigenvalue weighted by atomic mass is 9.69. The predicted molar refractivity (Wildman–Crippen MR) is 82.5 cm³/mol. The van der Waals surface area contributed by atoms with E-state index in [1.54, 1.807) is 0 Å². The van der Waals surface area contributed by atoms with Gasteiger partial charge in [-0.3, -0.25) is 4.79 Å². The van der Waals surface area contributed by atoms with Crippen LogP contribution in [0.4, 0.5) is 0 Å². The molecule has 0 aliphatic heterocycles. The number of ether oxygens (including phenoxy) is 1. The van der Waals surface area contributed by atoms with Crippen molar-refractivity contribution in [3.8, 4) is 0 Å². The largest absolute Gasteiger partial charge is 0.458 e. The molecular weight excluding hydrogens is 248 g/mol. The third-order valence-electron chi connectivity index (χ3n) is 6.22. The number of carbonyl (C=O) groups is 1. The van der Waals surface area contributed by atoms with E-state index < -0.39 is 0 Å². The summed E-state index contributed by atoms with van der Waals surface area (Å²) in [5, 5.41) is 0. The minimum atomic E-state index is -0.350. The molecule has 2 heteroatoms. The Bertz CT molecular complexity index is 374. The van der Waals surface area contributed by atoms with Crippen LogP contribution in [0, 0.1) is 16.7 Å². The van der Waals surface area contributed by atoms with E-state index in [2.05, 4.69) is 20.8 Å². The minimum Gasteiger partial charge on any atom is -0.458 e. The summed E-state index contributed by atoms with van der Waals surface area (Å²) in [4.78, 5) is 12.6. The van der Waals surface area contributed by atoms with Gasteiger partial charge in [-0.25, -0.2) is 0 Å². The fourth-order valence-electron chi connectivity index (χ4n) is 4.21. The fraction of sp³-hybridized carbons (Fsp3) is 0.944. The molecule has 2 rings (SSSR count). The average Bonchev–Trinajstić information content (AvgIpc) is 2.89. The van der Waals surface area contributed by atoms with Gasteiger partial charge in [0.1, 0.15) is 5.60 Å². The van der Waals surface area contributed by atoms with Crippen LogP contribution in [-0.4, -0.2) is 11.6 Å². The van der Waals surface area contributed by atoms with E-state index in [0.29, 0.717) is 0 Å². The van der Waals surface area contributed by atoms with Gasteiger partial charge in [-0.05, 0) is 64.7 Å². The van der Waals surface area contributed by atoms with Gasteiger partial charge in [-0.1, -0.05) is 27.2 Å². The normalized spacial score (nSPS) is 36.4. The van der Waals surface area contributed by atoms with Crippen LogP contribution in [0.25, 0.3) is 0 Å². The van der Waals surface area contributed by atoms with Crippen LogP contribution in [0.5, 0.6) is 0 Å². The summed E-state index contributed by atoms with van der Waals surface area (Å²) in [5.74, 6) is 0.805. The Morgan fingerprint density at radius 2 is 2.00 bits per heavy atom. The van der Waals surface area contributed by atoms with Crippen LogP contribution in [0.15, 0.2) is 0 Å². The van der Waals surface area contributed by atoms with Gasteiger partial charge >= 0.3 is 5.97 Å². The Morgan fingerprint density at radius 3 is 2.45 bits per heavy atom. The first-order valence-corrected chi connectivity index (χ1v) is 8.52. The van der Waals surface area contributed by atoms with Crippen LogP contribution >= 0.6 is 0 Å². The van der Waals surface area contributed by atoms with Crippen molar-refractivity contribution in [2.45, 2.75) is 91.6 Å². The van der Waals surface area contributed by atoms with Gasteiger partial charge in [0.05, 0.1) is 5.41 Å². The maximum absolute atomic E-state index is 12.6. The van der Waals surface area contributed by atoms with E-state index in [4.69, 9.17) is 4.74 Å². The molecule has 0 amide bonds. The molecule has 2 aliphatic rings. The topological polar surface area (TPSA) is 26.3 Å². The first-order valence-electron chi connectivity index (χ1n) is 8.52. The number of rotatable bonds is 6. The molecule has 0 aromatic rings. The minimum absolute atomic E-state index is 0.0184. The number of esters is 1. The molecule has 3 unspecified atom stereocenters. The monoisotopic (exact) mass is 280 g/mol. The zero-order valence-corrected chi connectivity index (χ0v) is 14.1. The average molecular weight is 280 g/mol. The molecule has 2 saturated carbocycles. The SMILES string of the molecule is CCCCC1(OC(=O)C(C)(C)CC)CC2CCC1(C)C2. The van der Waals surface area contributed by atoms with Gasteiger partial charge in [0, 0.05) is 5.41 Å². The van der Waals surface area contributed by atoms with Crippen LogP contribution in [-0.2, 0) is 9.53 Å². The second-order valence-corrected chi connectivity index (χ2v) is 8.10. The zero-order chi connectivity index (χ0) is 15.0. The van der Waals surface area contributed by atoms with E-state index in [-0.39, 0.29) is 22.4 Å². The molecule has 0 saturated heterocycles. The predicted octanol–water partition coefficient (Wildman–Crippen LogP) is 5.10. The highest BCUT2D eigenvalue weighted by molar-refractivity contribution is 5.76. The van der Waals surface area contributed by atoms with E-state index in [1.165, 1.54) is 32.1 Å². The third kappa shape index (κ3) is 2.51. The molecule has 3 atom stereocenters. The summed E-state index contributed by atoms with van der Waals surface area (Å²) in [6, 6.07) is 0. The number of hydrogen-bond acceptors (Lipinski definition) is 2. The highest BCUT2D eigenvalue weighted by Crippen LogP contribution is 2.63. The van der Waals surface area contributed by atoms with Crippen molar-refractivity contribution in [2.24, 2.45) is 16.7 Å². The summed E-state index contributed by atoms with van der Waals surface area (Å²) in [6.07, 6.45) is 9.18. The number of fused-ring (bicyclic) bond motifs is 2. The van der Waals surface area contributed by atoms with Gasteiger partial charge in [-0.15, -0.1) is 0 Å². The summed E-state index contributed by atoms with van der Waals surface area (Å²) in [7, 11) is 0. The standard InChI is InChI=1S/C18H32O2/c1-6-8-10-18(20-15(19)16(3,4)7-2)13-14-9-11-17(18,5)12-14/h14H,6-13H2,1-5H3. The number of hydrogen-bond donors (Lipinski definition) is 0. The molecule has 0 aromatic heterocycles. The molecule has 20 heavy (non-hydrogen) atoms. The van der Waals surface area contributed by atoms with Crippen molar-refractivity contribution < 1.29 is 9.53 Å². The van der Waals surface area contributed by atoms with Crippen molar-refractivity contribution in [1.29, 1.82) is 0 Å². The van der Waals surface area contributed by atoms with Crippen LogP contribution in [0.1, 0.15) is 86.0 Å². The summed E-state index contributed by atoms with van der Waals surface area (Å²) in [5.41, 5.74) is -0.292. The summed E-state index contributed by atoms with van der Waals surface area (Å²) >= 11 is 0. The van der Waals surface area contributed by atoms with Crippen molar-refractivity contribution in [2.75, 3.05) is 0 Å². The fourth-order valence-corrected chi connectivity index (χ4v) is 4.21.